The summed E-state index contributed by atoms with van der Waals surface area (Å²) in [5.74, 6) is 0.981. The van der Waals surface area contributed by atoms with E-state index in [1.807, 2.05) is 0 Å². The summed E-state index contributed by atoms with van der Waals surface area (Å²) in [7, 11) is 0. The predicted molar refractivity (Wildman–Crippen MR) is 78.7 cm³/mol. The minimum Gasteiger partial charge on any atom is -0.314 e. The van der Waals surface area contributed by atoms with Gasteiger partial charge in [-0.25, -0.2) is 0 Å². The molecular weight excluding hydrogens is 226 g/mol. The van der Waals surface area contributed by atoms with Crippen LogP contribution in [0.1, 0.15) is 65.2 Å². The van der Waals surface area contributed by atoms with Crippen molar-refractivity contribution < 1.29 is 0 Å². The SMILES string of the molecule is CCNC1CCCC(SC2CCCC(C)C2)C1. The van der Waals surface area contributed by atoms with Gasteiger partial charge in [-0.1, -0.05) is 33.1 Å². The molecular formula is C15H29NS. The zero-order valence-electron chi connectivity index (χ0n) is 11.6. The minimum absolute atomic E-state index is 0.812. The molecule has 0 radical (unpaired) electrons. The summed E-state index contributed by atoms with van der Waals surface area (Å²) in [6, 6.07) is 0.812. The molecule has 0 aliphatic heterocycles. The van der Waals surface area contributed by atoms with E-state index < -0.39 is 0 Å². The number of rotatable bonds is 4. The Balaban J connectivity index is 1.74. The van der Waals surface area contributed by atoms with Gasteiger partial charge in [0.1, 0.15) is 0 Å². The normalized spacial score (nSPS) is 39.2. The van der Waals surface area contributed by atoms with Gasteiger partial charge in [0.2, 0.25) is 0 Å². The minimum atomic E-state index is 0.812. The van der Waals surface area contributed by atoms with Crippen molar-refractivity contribution in [3.05, 3.63) is 0 Å². The topological polar surface area (TPSA) is 12.0 Å². The van der Waals surface area contributed by atoms with Gasteiger partial charge in [-0.05, 0) is 44.6 Å². The van der Waals surface area contributed by atoms with Crippen molar-refractivity contribution in [1.82, 2.24) is 5.32 Å². The summed E-state index contributed by atoms with van der Waals surface area (Å²) in [5, 5.41) is 5.57. The summed E-state index contributed by atoms with van der Waals surface area (Å²) in [4.78, 5) is 0. The lowest BCUT2D eigenvalue weighted by Crippen LogP contribution is -2.35. The highest BCUT2D eigenvalue weighted by Gasteiger charge is 2.26. The summed E-state index contributed by atoms with van der Waals surface area (Å²) in [6.07, 6.45) is 11.7. The van der Waals surface area contributed by atoms with Gasteiger partial charge < -0.3 is 5.32 Å². The van der Waals surface area contributed by atoms with Gasteiger partial charge in [0, 0.05) is 16.5 Å². The lowest BCUT2D eigenvalue weighted by molar-refractivity contribution is 0.377. The van der Waals surface area contributed by atoms with E-state index in [-0.39, 0.29) is 0 Å². The molecule has 0 heterocycles. The van der Waals surface area contributed by atoms with Crippen LogP contribution in [0.15, 0.2) is 0 Å². The maximum absolute atomic E-state index is 3.65. The van der Waals surface area contributed by atoms with E-state index >= 15 is 0 Å². The fourth-order valence-corrected chi connectivity index (χ4v) is 5.45. The zero-order chi connectivity index (χ0) is 12.1. The molecule has 1 N–H and O–H groups in total. The number of nitrogens with one attached hydrogen (secondary N) is 1. The van der Waals surface area contributed by atoms with Gasteiger partial charge in [0.25, 0.3) is 0 Å². The third-order valence-corrected chi connectivity index (χ3v) is 6.02. The largest absolute Gasteiger partial charge is 0.314 e. The Morgan fingerprint density at radius 2 is 1.71 bits per heavy atom. The lowest BCUT2D eigenvalue weighted by Gasteiger charge is -2.34. The Kier molecular flexibility index (Phi) is 5.68. The van der Waals surface area contributed by atoms with Crippen molar-refractivity contribution >= 4 is 11.8 Å². The second kappa shape index (κ2) is 7.04. The van der Waals surface area contributed by atoms with E-state index in [9.17, 15) is 0 Å². The fraction of sp³-hybridized carbons (Fsp3) is 1.00. The first-order chi connectivity index (χ1) is 8.28. The highest BCUT2D eigenvalue weighted by Crippen LogP contribution is 2.38. The summed E-state index contributed by atoms with van der Waals surface area (Å²) in [6.45, 7) is 5.82. The number of hydrogen-bond donors (Lipinski definition) is 1. The second-order valence-corrected chi connectivity index (χ2v) is 7.68. The fourth-order valence-electron chi connectivity index (χ4n) is 3.52. The molecule has 2 saturated carbocycles. The molecule has 1 nitrogen and oxygen atoms in total. The van der Waals surface area contributed by atoms with E-state index in [4.69, 9.17) is 0 Å². The Morgan fingerprint density at radius 1 is 1.00 bits per heavy atom. The molecule has 0 aromatic rings. The van der Waals surface area contributed by atoms with Crippen LogP contribution in [-0.4, -0.2) is 23.1 Å². The number of hydrogen-bond acceptors (Lipinski definition) is 2. The van der Waals surface area contributed by atoms with Crippen molar-refractivity contribution in [3.8, 4) is 0 Å². The molecule has 4 unspecified atom stereocenters. The molecule has 0 saturated heterocycles. The van der Waals surface area contributed by atoms with Crippen LogP contribution in [0, 0.1) is 5.92 Å². The van der Waals surface area contributed by atoms with Crippen molar-refractivity contribution in [2.24, 2.45) is 5.92 Å². The Hall–Kier alpha value is 0.310. The van der Waals surface area contributed by atoms with Crippen LogP contribution in [0.2, 0.25) is 0 Å². The molecule has 2 aliphatic rings. The van der Waals surface area contributed by atoms with Crippen molar-refractivity contribution in [3.63, 3.8) is 0 Å². The third kappa shape index (κ3) is 4.48. The van der Waals surface area contributed by atoms with Crippen LogP contribution in [0.3, 0.4) is 0 Å². The van der Waals surface area contributed by atoms with Crippen LogP contribution in [0.4, 0.5) is 0 Å². The van der Waals surface area contributed by atoms with E-state index in [2.05, 4.69) is 30.9 Å². The van der Waals surface area contributed by atoms with E-state index in [0.717, 1.165) is 29.0 Å². The van der Waals surface area contributed by atoms with Crippen LogP contribution in [-0.2, 0) is 0 Å². The molecule has 2 fully saturated rings. The van der Waals surface area contributed by atoms with Crippen LogP contribution < -0.4 is 5.32 Å². The highest BCUT2D eigenvalue weighted by atomic mass is 32.2. The molecule has 100 valence electrons. The van der Waals surface area contributed by atoms with E-state index in [0.29, 0.717) is 0 Å². The average Bonchev–Trinajstić information content (AvgIpc) is 2.30. The molecule has 4 atom stereocenters. The van der Waals surface area contributed by atoms with Crippen molar-refractivity contribution in [2.75, 3.05) is 6.54 Å². The van der Waals surface area contributed by atoms with Gasteiger partial charge in [-0.15, -0.1) is 0 Å². The molecule has 2 heteroatoms. The first kappa shape index (κ1) is 13.7. The molecule has 0 spiro atoms. The molecule has 17 heavy (non-hydrogen) atoms. The zero-order valence-corrected chi connectivity index (χ0v) is 12.4. The maximum atomic E-state index is 3.65. The molecule has 0 aromatic carbocycles. The van der Waals surface area contributed by atoms with Gasteiger partial charge in [0.15, 0.2) is 0 Å². The first-order valence-corrected chi connectivity index (χ1v) is 8.61. The first-order valence-electron chi connectivity index (χ1n) is 7.66. The summed E-state index contributed by atoms with van der Waals surface area (Å²) in [5.41, 5.74) is 0. The standard InChI is InChI=1S/C15H29NS/c1-3-16-13-7-5-9-15(11-13)17-14-8-4-6-12(2)10-14/h12-16H,3-11H2,1-2H3. The Morgan fingerprint density at radius 3 is 2.41 bits per heavy atom. The Labute approximate surface area is 112 Å². The molecule has 0 aromatic heterocycles. The van der Waals surface area contributed by atoms with Crippen LogP contribution in [0.25, 0.3) is 0 Å². The number of thioether (sulfide) groups is 1. The van der Waals surface area contributed by atoms with Crippen LogP contribution in [0.5, 0.6) is 0 Å². The lowest BCUT2D eigenvalue weighted by atomic mass is 9.90. The third-order valence-electron chi connectivity index (χ3n) is 4.39. The molecule has 0 amide bonds. The molecule has 0 bridgehead atoms. The Bertz CT molecular complexity index is 217. The van der Waals surface area contributed by atoms with Crippen molar-refractivity contribution in [2.45, 2.75) is 81.8 Å². The van der Waals surface area contributed by atoms with Gasteiger partial charge >= 0.3 is 0 Å². The monoisotopic (exact) mass is 255 g/mol. The van der Waals surface area contributed by atoms with Gasteiger partial charge in [-0.2, -0.15) is 11.8 Å². The smallest absolute Gasteiger partial charge is 0.00774 e. The quantitative estimate of drug-likeness (QED) is 0.807. The summed E-state index contributed by atoms with van der Waals surface area (Å²) < 4.78 is 0. The molecule has 2 aliphatic carbocycles. The predicted octanol–water partition coefficient (Wildman–Crippen LogP) is 4.22. The van der Waals surface area contributed by atoms with E-state index in [1.54, 1.807) is 0 Å². The van der Waals surface area contributed by atoms with Crippen molar-refractivity contribution in [1.29, 1.82) is 0 Å². The van der Waals surface area contributed by atoms with E-state index in [1.165, 1.54) is 51.4 Å². The average molecular weight is 255 g/mol. The van der Waals surface area contributed by atoms with Gasteiger partial charge in [0.05, 0.1) is 0 Å². The summed E-state index contributed by atoms with van der Waals surface area (Å²) >= 11 is 2.33. The molecule has 2 rings (SSSR count). The van der Waals surface area contributed by atoms with Gasteiger partial charge in [-0.3, -0.25) is 0 Å². The second-order valence-electron chi connectivity index (χ2n) is 6.07. The maximum Gasteiger partial charge on any atom is 0.00774 e. The van der Waals surface area contributed by atoms with Crippen LogP contribution >= 0.6 is 11.8 Å². The highest BCUT2D eigenvalue weighted by molar-refractivity contribution is 8.00.